The minimum atomic E-state index is -0.600. The molecule has 1 aromatic heterocycles. The lowest BCUT2D eigenvalue weighted by Gasteiger charge is -2.17. The van der Waals surface area contributed by atoms with E-state index in [1.165, 1.54) is 18.3 Å². The molecule has 0 aliphatic carbocycles. The van der Waals surface area contributed by atoms with E-state index < -0.39 is 5.97 Å². The Morgan fingerprint density at radius 2 is 2.05 bits per heavy atom. The van der Waals surface area contributed by atoms with Gasteiger partial charge in [-0.2, -0.15) is 0 Å². The number of carbonyl (C=O) groups excluding carboxylic acids is 2. The molecule has 0 aliphatic heterocycles. The van der Waals surface area contributed by atoms with Crippen LogP contribution in [0.15, 0.2) is 18.3 Å². The molecule has 0 unspecified atom stereocenters. The second-order valence-corrected chi connectivity index (χ2v) is 4.93. The molecule has 5 nitrogen and oxygen atoms in total. The van der Waals surface area contributed by atoms with Crippen LogP contribution in [0.25, 0.3) is 0 Å². The fourth-order valence-corrected chi connectivity index (χ4v) is 1.29. The topological polar surface area (TPSA) is 68.3 Å². The Morgan fingerprint density at radius 1 is 1.37 bits per heavy atom. The minimum Gasteiger partial charge on any atom is -0.452 e. The standard InChI is InChI=1S/C13H17ClN2O3/c1-8(2)9(3)16-12(17)7-19-13(18)10-4-5-11(14)15-6-10/h4-6,8-9H,7H2,1-3H3,(H,16,17)/t9-/m1/s1. The van der Waals surface area contributed by atoms with Crippen molar-refractivity contribution in [2.75, 3.05) is 6.61 Å². The molecule has 0 aromatic carbocycles. The molecule has 0 saturated heterocycles. The number of rotatable bonds is 5. The van der Waals surface area contributed by atoms with Gasteiger partial charge in [0.2, 0.25) is 0 Å². The van der Waals surface area contributed by atoms with Crippen LogP contribution in [0.4, 0.5) is 0 Å². The number of aromatic nitrogens is 1. The average molecular weight is 285 g/mol. The Labute approximate surface area is 117 Å². The zero-order chi connectivity index (χ0) is 14.4. The molecule has 0 spiro atoms. The lowest BCUT2D eigenvalue weighted by atomic mass is 10.1. The van der Waals surface area contributed by atoms with Gasteiger partial charge >= 0.3 is 5.97 Å². The fraction of sp³-hybridized carbons (Fsp3) is 0.462. The van der Waals surface area contributed by atoms with Crippen LogP contribution in [0, 0.1) is 5.92 Å². The van der Waals surface area contributed by atoms with Gasteiger partial charge in [-0.05, 0) is 25.0 Å². The molecule has 0 radical (unpaired) electrons. The highest BCUT2D eigenvalue weighted by Crippen LogP contribution is 2.06. The fourth-order valence-electron chi connectivity index (χ4n) is 1.17. The lowest BCUT2D eigenvalue weighted by Crippen LogP contribution is -2.38. The maximum absolute atomic E-state index is 11.6. The molecule has 0 saturated carbocycles. The summed E-state index contributed by atoms with van der Waals surface area (Å²) >= 11 is 5.60. The van der Waals surface area contributed by atoms with Gasteiger partial charge in [-0.25, -0.2) is 9.78 Å². The first-order valence-corrected chi connectivity index (χ1v) is 6.36. The van der Waals surface area contributed by atoms with Crippen LogP contribution < -0.4 is 5.32 Å². The van der Waals surface area contributed by atoms with Crippen molar-refractivity contribution in [1.82, 2.24) is 10.3 Å². The molecule has 0 fully saturated rings. The summed E-state index contributed by atoms with van der Waals surface area (Å²) < 4.78 is 4.88. The smallest absolute Gasteiger partial charge is 0.340 e. The molecule has 1 aromatic rings. The number of amides is 1. The average Bonchev–Trinajstić information content (AvgIpc) is 2.36. The summed E-state index contributed by atoms with van der Waals surface area (Å²) in [5.74, 6) is -0.604. The Hall–Kier alpha value is -1.62. The largest absolute Gasteiger partial charge is 0.452 e. The molecular weight excluding hydrogens is 268 g/mol. The number of nitrogens with zero attached hydrogens (tertiary/aromatic N) is 1. The van der Waals surface area contributed by atoms with Gasteiger partial charge in [0, 0.05) is 12.2 Å². The molecule has 0 aliphatic rings. The predicted molar refractivity (Wildman–Crippen MR) is 72.0 cm³/mol. The van der Waals surface area contributed by atoms with Crippen molar-refractivity contribution in [3.05, 3.63) is 29.0 Å². The molecule has 1 amide bonds. The molecule has 104 valence electrons. The van der Waals surface area contributed by atoms with Gasteiger partial charge in [-0.3, -0.25) is 4.79 Å². The van der Waals surface area contributed by atoms with Gasteiger partial charge in [0.05, 0.1) is 5.56 Å². The van der Waals surface area contributed by atoms with Crippen LogP contribution in [-0.2, 0) is 9.53 Å². The molecule has 0 bridgehead atoms. The number of hydrogen-bond donors (Lipinski definition) is 1. The van der Waals surface area contributed by atoms with E-state index in [1.807, 2.05) is 20.8 Å². The van der Waals surface area contributed by atoms with E-state index in [1.54, 1.807) is 0 Å². The van der Waals surface area contributed by atoms with E-state index in [9.17, 15) is 9.59 Å². The predicted octanol–water partition coefficient (Wildman–Crippen LogP) is 2.05. The van der Waals surface area contributed by atoms with E-state index in [2.05, 4.69) is 10.3 Å². The minimum absolute atomic E-state index is 0.0309. The van der Waals surface area contributed by atoms with Crippen molar-refractivity contribution in [2.24, 2.45) is 5.92 Å². The molecule has 1 N–H and O–H groups in total. The molecule has 1 heterocycles. The highest BCUT2D eigenvalue weighted by molar-refractivity contribution is 6.29. The van der Waals surface area contributed by atoms with Gasteiger partial charge in [-0.1, -0.05) is 25.4 Å². The summed E-state index contributed by atoms with van der Waals surface area (Å²) in [6.07, 6.45) is 1.30. The van der Waals surface area contributed by atoms with Crippen LogP contribution in [0.5, 0.6) is 0 Å². The van der Waals surface area contributed by atoms with Crippen LogP contribution in [0.1, 0.15) is 31.1 Å². The summed E-state index contributed by atoms with van der Waals surface area (Å²) in [4.78, 5) is 26.9. The van der Waals surface area contributed by atoms with E-state index in [4.69, 9.17) is 16.3 Å². The highest BCUT2D eigenvalue weighted by atomic mass is 35.5. The Kier molecular flexibility index (Phi) is 5.76. The lowest BCUT2D eigenvalue weighted by molar-refractivity contribution is -0.125. The van der Waals surface area contributed by atoms with Gasteiger partial charge in [-0.15, -0.1) is 0 Å². The van der Waals surface area contributed by atoms with E-state index in [0.717, 1.165) is 0 Å². The molecule has 19 heavy (non-hydrogen) atoms. The zero-order valence-electron chi connectivity index (χ0n) is 11.1. The number of pyridine rings is 1. The third-order valence-electron chi connectivity index (χ3n) is 2.69. The maximum Gasteiger partial charge on any atom is 0.340 e. The van der Waals surface area contributed by atoms with Gasteiger partial charge in [0.15, 0.2) is 6.61 Å². The summed E-state index contributed by atoms with van der Waals surface area (Å²) in [6.45, 7) is 5.58. The number of nitrogens with one attached hydrogen (secondary N) is 1. The van der Waals surface area contributed by atoms with E-state index in [-0.39, 0.29) is 24.1 Å². The van der Waals surface area contributed by atoms with Crippen molar-refractivity contribution >= 4 is 23.5 Å². The second kappa shape index (κ2) is 7.09. The SMILES string of the molecule is CC(C)[C@@H](C)NC(=O)COC(=O)c1ccc(Cl)nc1. The summed E-state index contributed by atoms with van der Waals surface area (Å²) in [7, 11) is 0. The first-order valence-electron chi connectivity index (χ1n) is 5.98. The first-order chi connectivity index (χ1) is 8.90. The second-order valence-electron chi connectivity index (χ2n) is 4.55. The van der Waals surface area contributed by atoms with Gasteiger partial charge in [0.25, 0.3) is 5.91 Å². The van der Waals surface area contributed by atoms with Crippen molar-refractivity contribution in [2.45, 2.75) is 26.8 Å². The maximum atomic E-state index is 11.6. The monoisotopic (exact) mass is 284 g/mol. The van der Waals surface area contributed by atoms with Gasteiger partial charge in [0.1, 0.15) is 5.15 Å². The van der Waals surface area contributed by atoms with E-state index >= 15 is 0 Å². The molecule has 1 rings (SSSR count). The Bertz CT molecular complexity index is 446. The number of halogens is 1. The third kappa shape index (κ3) is 5.26. The van der Waals surface area contributed by atoms with Crippen LogP contribution in [-0.4, -0.2) is 29.5 Å². The normalized spacial score (nSPS) is 12.1. The Morgan fingerprint density at radius 3 is 2.58 bits per heavy atom. The third-order valence-corrected chi connectivity index (χ3v) is 2.91. The number of esters is 1. The van der Waals surface area contributed by atoms with Crippen molar-refractivity contribution in [3.8, 4) is 0 Å². The number of hydrogen-bond acceptors (Lipinski definition) is 4. The molecular formula is C13H17ClN2O3. The van der Waals surface area contributed by atoms with Crippen molar-refractivity contribution < 1.29 is 14.3 Å². The summed E-state index contributed by atoms with van der Waals surface area (Å²) in [5, 5.41) is 3.03. The first kappa shape index (κ1) is 15.4. The number of carbonyl (C=O) groups is 2. The van der Waals surface area contributed by atoms with Crippen molar-refractivity contribution in [3.63, 3.8) is 0 Å². The van der Waals surface area contributed by atoms with Crippen molar-refractivity contribution in [1.29, 1.82) is 0 Å². The van der Waals surface area contributed by atoms with E-state index in [0.29, 0.717) is 11.1 Å². The Balaban J connectivity index is 2.42. The quantitative estimate of drug-likeness (QED) is 0.664. The summed E-state index contributed by atoms with van der Waals surface area (Å²) in [6, 6.07) is 3.01. The summed E-state index contributed by atoms with van der Waals surface area (Å²) in [5.41, 5.74) is 0.258. The van der Waals surface area contributed by atoms with Crippen LogP contribution >= 0.6 is 11.6 Å². The van der Waals surface area contributed by atoms with Crippen LogP contribution in [0.2, 0.25) is 5.15 Å². The highest BCUT2D eigenvalue weighted by Gasteiger charge is 2.13. The number of ether oxygens (including phenoxy) is 1. The van der Waals surface area contributed by atoms with Crippen LogP contribution in [0.3, 0.4) is 0 Å². The zero-order valence-corrected chi connectivity index (χ0v) is 11.9. The molecule has 6 heteroatoms. The van der Waals surface area contributed by atoms with Gasteiger partial charge < -0.3 is 10.1 Å². The molecule has 1 atom stereocenters.